The summed E-state index contributed by atoms with van der Waals surface area (Å²) in [4.78, 5) is 0. The van der Waals surface area contributed by atoms with Crippen molar-refractivity contribution in [2.75, 3.05) is 13.1 Å². The molecule has 0 amide bonds. The Morgan fingerprint density at radius 2 is 1.86 bits per heavy atom. The molecule has 1 aliphatic heterocycles. The van der Waals surface area contributed by atoms with Crippen molar-refractivity contribution in [3.8, 4) is 0 Å². The summed E-state index contributed by atoms with van der Waals surface area (Å²) < 4.78 is 7.60. The molecular weight excluding hydrogens is 189 g/mol. The van der Waals surface area contributed by atoms with Gasteiger partial charge in [0.05, 0.1) is 0 Å². The molecular formula is C5H12InN. The van der Waals surface area contributed by atoms with Gasteiger partial charge < -0.3 is 0 Å². The summed E-state index contributed by atoms with van der Waals surface area (Å²) >= 11 is -0.923. The molecule has 1 heterocycles. The van der Waals surface area contributed by atoms with E-state index >= 15 is 0 Å². The first kappa shape index (κ1) is 5.96. The molecule has 1 fully saturated rings. The summed E-state index contributed by atoms with van der Waals surface area (Å²) in [6, 6.07) is 0. The Hall–Kier alpha value is 0.830. The van der Waals surface area contributed by atoms with Gasteiger partial charge >= 0.3 is 53.5 Å². The van der Waals surface area contributed by atoms with Crippen molar-refractivity contribution in [2.45, 2.75) is 15.8 Å². The predicted octanol–water partition coefficient (Wildman–Crippen LogP) is 0.943. The molecule has 0 N–H and O–H groups in total. The van der Waals surface area contributed by atoms with Crippen LogP contribution in [0.25, 0.3) is 0 Å². The number of hydrogen-bond acceptors (Lipinski definition) is 1. The van der Waals surface area contributed by atoms with Crippen molar-refractivity contribution in [2.24, 2.45) is 0 Å². The SMILES string of the molecule is [CH3][In]([CH3])[N]1CCC1. The molecule has 0 radical (unpaired) electrons. The minimum absolute atomic E-state index is 0.923. The van der Waals surface area contributed by atoms with Gasteiger partial charge in [-0.3, -0.25) is 0 Å². The molecule has 0 aromatic heterocycles. The molecule has 1 aliphatic rings. The topological polar surface area (TPSA) is 3.24 Å². The third-order valence-electron chi connectivity index (χ3n) is 1.62. The van der Waals surface area contributed by atoms with Gasteiger partial charge in [-0.15, -0.1) is 0 Å². The van der Waals surface area contributed by atoms with Gasteiger partial charge in [0.2, 0.25) is 0 Å². The fourth-order valence-electron chi connectivity index (χ4n) is 0.857. The summed E-state index contributed by atoms with van der Waals surface area (Å²) in [6.07, 6.45) is 1.47. The standard InChI is InChI=1S/C3H6N.2CH3.In/c1-2-4-3-1;;;/h1-3H2;2*1H3;/q-1;;;+1. The number of hydrogen-bond donors (Lipinski definition) is 0. The average molecular weight is 201 g/mol. The van der Waals surface area contributed by atoms with E-state index in [1.165, 1.54) is 19.5 Å². The molecule has 2 heteroatoms. The van der Waals surface area contributed by atoms with E-state index in [9.17, 15) is 0 Å². The molecule has 7 heavy (non-hydrogen) atoms. The van der Waals surface area contributed by atoms with E-state index in [4.69, 9.17) is 0 Å². The van der Waals surface area contributed by atoms with E-state index in [0.29, 0.717) is 0 Å². The molecule has 0 aromatic carbocycles. The van der Waals surface area contributed by atoms with Crippen LogP contribution in [-0.2, 0) is 0 Å². The van der Waals surface area contributed by atoms with E-state index in [1.807, 2.05) is 0 Å². The maximum absolute atomic E-state index is 2.68. The third-order valence-corrected chi connectivity index (χ3v) is 7.26. The Morgan fingerprint density at radius 1 is 1.29 bits per heavy atom. The molecule has 0 bridgehead atoms. The van der Waals surface area contributed by atoms with E-state index in [1.54, 1.807) is 0 Å². The van der Waals surface area contributed by atoms with Gasteiger partial charge in [0.25, 0.3) is 0 Å². The monoisotopic (exact) mass is 201 g/mol. The zero-order valence-electron chi connectivity index (χ0n) is 5.15. The first-order chi connectivity index (χ1) is 3.30. The number of rotatable bonds is 1. The molecule has 1 rings (SSSR count). The fraction of sp³-hybridized carbons (Fsp3) is 1.00. The van der Waals surface area contributed by atoms with Gasteiger partial charge in [0, 0.05) is 0 Å². The van der Waals surface area contributed by atoms with Crippen LogP contribution in [0.5, 0.6) is 0 Å². The first-order valence-corrected chi connectivity index (χ1v) is 11.1. The zero-order valence-corrected chi connectivity index (χ0v) is 8.44. The maximum atomic E-state index is 2.68. The summed E-state index contributed by atoms with van der Waals surface area (Å²) in [5, 5.41) is 0. The summed E-state index contributed by atoms with van der Waals surface area (Å²) in [5.41, 5.74) is 0. The molecule has 0 unspecified atom stereocenters. The normalized spacial score (nSPS) is 21.4. The minimum atomic E-state index is -0.923. The van der Waals surface area contributed by atoms with Gasteiger partial charge in [-0.25, -0.2) is 0 Å². The zero-order chi connectivity index (χ0) is 5.28. The molecule has 0 saturated carbocycles. The quantitative estimate of drug-likeness (QED) is 0.610. The van der Waals surface area contributed by atoms with Gasteiger partial charge in [-0.05, 0) is 0 Å². The molecule has 1 saturated heterocycles. The summed E-state index contributed by atoms with van der Waals surface area (Å²) in [6.45, 7) is 2.85. The van der Waals surface area contributed by atoms with Crippen LogP contribution in [0.4, 0.5) is 0 Å². The Morgan fingerprint density at radius 3 is 1.86 bits per heavy atom. The van der Waals surface area contributed by atoms with Crippen molar-refractivity contribution in [1.29, 1.82) is 0 Å². The molecule has 1 nitrogen and oxygen atoms in total. The van der Waals surface area contributed by atoms with E-state index in [2.05, 4.69) is 12.2 Å². The molecule has 0 atom stereocenters. The van der Waals surface area contributed by atoms with Crippen LogP contribution in [0.1, 0.15) is 6.42 Å². The Bertz CT molecular complexity index is 59.1. The Kier molecular flexibility index (Phi) is 2.04. The summed E-state index contributed by atoms with van der Waals surface area (Å²) in [5.74, 6) is 0. The van der Waals surface area contributed by atoms with E-state index in [-0.39, 0.29) is 0 Å². The van der Waals surface area contributed by atoms with Crippen LogP contribution in [0, 0.1) is 0 Å². The van der Waals surface area contributed by atoms with E-state index < -0.39 is 21.7 Å². The van der Waals surface area contributed by atoms with Gasteiger partial charge in [0.1, 0.15) is 0 Å². The third kappa shape index (κ3) is 1.36. The first-order valence-electron chi connectivity index (χ1n) is 3.05. The van der Waals surface area contributed by atoms with Crippen LogP contribution in [0.2, 0.25) is 9.36 Å². The second-order valence-corrected chi connectivity index (χ2v) is 10.8. The van der Waals surface area contributed by atoms with Crippen molar-refractivity contribution < 1.29 is 0 Å². The van der Waals surface area contributed by atoms with Crippen LogP contribution in [0.15, 0.2) is 0 Å². The van der Waals surface area contributed by atoms with Crippen LogP contribution < -0.4 is 0 Å². The van der Waals surface area contributed by atoms with E-state index in [0.717, 1.165) is 0 Å². The van der Waals surface area contributed by atoms with Crippen molar-refractivity contribution in [3.63, 3.8) is 0 Å². The summed E-state index contributed by atoms with van der Waals surface area (Å²) in [7, 11) is 0. The van der Waals surface area contributed by atoms with Gasteiger partial charge in [-0.1, -0.05) is 0 Å². The fourth-order valence-corrected chi connectivity index (χ4v) is 4.85. The predicted molar refractivity (Wildman–Crippen MR) is 33.7 cm³/mol. The van der Waals surface area contributed by atoms with Crippen molar-refractivity contribution in [1.82, 2.24) is 2.89 Å². The molecule has 0 aromatic rings. The van der Waals surface area contributed by atoms with Crippen LogP contribution in [0.3, 0.4) is 0 Å². The second kappa shape index (κ2) is 2.40. The van der Waals surface area contributed by atoms with Crippen LogP contribution in [-0.4, -0.2) is 37.7 Å². The molecule has 0 aliphatic carbocycles. The van der Waals surface area contributed by atoms with Crippen molar-refractivity contribution in [3.05, 3.63) is 0 Å². The van der Waals surface area contributed by atoms with Crippen LogP contribution >= 0.6 is 0 Å². The van der Waals surface area contributed by atoms with Crippen molar-refractivity contribution >= 4 is 21.7 Å². The Labute approximate surface area is 53.6 Å². The van der Waals surface area contributed by atoms with Gasteiger partial charge in [0.15, 0.2) is 0 Å². The molecule has 40 valence electrons. The average Bonchev–Trinajstić information content (AvgIpc) is 1.23. The number of nitrogens with zero attached hydrogens (tertiary/aromatic N) is 1. The van der Waals surface area contributed by atoms with Gasteiger partial charge in [-0.2, -0.15) is 0 Å². The second-order valence-electron chi connectivity index (χ2n) is 2.48. The Balaban J connectivity index is 2.14. The molecule has 0 spiro atoms.